The molecule has 0 N–H and O–H groups in total. The molecule has 9 aromatic rings. The maximum Gasteiger partial charge on any atom is 0.0433 e. The second-order valence-electron chi connectivity index (χ2n) is 12.4. The molecule has 0 spiro atoms. The van der Waals surface area contributed by atoms with Crippen molar-refractivity contribution >= 4 is 76.7 Å². The minimum Gasteiger partial charge on any atom is -0.135 e. The Morgan fingerprint density at radius 2 is 1.21 bits per heavy atom. The van der Waals surface area contributed by atoms with E-state index in [1.165, 1.54) is 97.0 Å². The zero-order valence-electron chi connectivity index (χ0n) is 26.7. The van der Waals surface area contributed by atoms with Gasteiger partial charge in [-0.2, -0.15) is 0 Å². The molecule has 1 aromatic heterocycles. The highest BCUT2D eigenvalue weighted by molar-refractivity contribution is 7.20. The highest BCUT2D eigenvalue weighted by Crippen LogP contribution is 2.48. The van der Waals surface area contributed by atoms with Gasteiger partial charge in [-0.05, 0) is 101 Å². The minimum atomic E-state index is 1.21. The third-order valence-corrected chi connectivity index (χ3v) is 11.0. The Morgan fingerprint density at radius 1 is 0.500 bits per heavy atom. The van der Waals surface area contributed by atoms with Crippen LogP contribution in [0.4, 0.5) is 0 Å². The monoisotopic (exact) mass is 628 g/mol. The fourth-order valence-electron chi connectivity index (χ4n) is 7.60. The Morgan fingerprint density at radius 3 is 2.04 bits per heavy atom. The molecule has 0 aliphatic rings. The summed E-state index contributed by atoms with van der Waals surface area (Å²) in [5.74, 6) is 0. The molecule has 9 rings (SSSR count). The van der Waals surface area contributed by atoms with Gasteiger partial charge in [-0.3, -0.25) is 0 Å². The van der Waals surface area contributed by atoms with Crippen LogP contribution in [0.3, 0.4) is 0 Å². The normalized spacial score (nSPS) is 11.9. The molecular formula is C47H32S. The summed E-state index contributed by atoms with van der Waals surface area (Å²) < 4.78 is 1.29. The van der Waals surface area contributed by atoms with Gasteiger partial charge in [0.2, 0.25) is 0 Å². The van der Waals surface area contributed by atoms with Gasteiger partial charge in [0.05, 0.1) is 0 Å². The zero-order chi connectivity index (χ0) is 32.2. The Balaban J connectivity index is 1.45. The van der Waals surface area contributed by atoms with Crippen molar-refractivity contribution in [2.75, 3.05) is 0 Å². The van der Waals surface area contributed by atoms with E-state index < -0.39 is 0 Å². The minimum absolute atomic E-state index is 1.21. The van der Waals surface area contributed by atoms with Crippen molar-refractivity contribution in [3.05, 3.63) is 169 Å². The average molecular weight is 629 g/mol. The Kier molecular flexibility index (Phi) is 6.81. The molecule has 1 heteroatoms. The van der Waals surface area contributed by atoms with Gasteiger partial charge >= 0.3 is 0 Å². The van der Waals surface area contributed by atoms with Crippen molar-refractivity contribution in [3.8, 4) is 33.4 Å². The predicted molar refractivity (Wildman–Crippen MR) is 213 cm³/mol. The Labute approximate surface area is 284 Å². The first-order valence-corrected chi connectivity index (χ1v) is 17.3. The van der Waals surface area contributed by atoms with E-state index in [2.05, 4.69) is 171 Å². The van der Waals surface area contributed by atoms with E-state index in [9.17, 15) is 0 Å². The fourth-order valence-corrected chi connectivity index (χ4v) is 8.78. The van der Waals surface area contributed by atoms with Gasteiger partial charge in [-0.25, -0.2) is 0 Å². The van der Waals surface area contributed by atoms with Crippen LogP contribution in [0.25, 0.3) is 98.7 Å². The lowest BCUT2D eigenvalue weighted by atomic mass is 9.83. The topological polar surface area (TPSA) is 0 Å². The summed E-state index contributed by atoms with van der Waals surface area (Å²) in [7, 11) is 0. The molecule has 0 radical (unpaired) electrons. The summed E-state index contributed by atoms with van der Waals surface area (Å²) in [6, 6.07) is 53.8. The van der Waals surface area contributed by atoms with Crippen molar-refractivity contribution in [1.82, 2.24) is 0 Å². The molecule has 0 aliphatic heterocycles. The van der Waals surface area contributed by atoms with Gasteiger partial charge in [-0.1, -0.05) is 158 Å². The largest absolute Gasteiger partial charge is 0.135 e. The van der Waals surface area contributed by atoms with Crippen LogP contribution in [0.15, 0.2) is 158 Å². The third-order valence-electron chi connectivity index (χ3n) is 9.72. The van der Waals surface area contributed by atoms with Crippen LogP contribution in [0.1, 0.15) is 17.4 Å². The van der Waals surface area contributed by atoms with Gasteiger partial charge in [0.15, 0.2) is 0 Å². The molecule has 0 bridgehead atoms. The first-order valence-electron chi connectivity index (χ1n) is 16.5. The molecular weight excluding hydrogens is 597 g/mol. The van der Waals surface area contributed by atoms with E-state index >= 15 is 0 Å². The van der Waals surface area contributed by atoms with Crippen LogP contribution in [-0.4, -0.2) is 0 Å². The Bertz CT molecular complexity index is 2740. The maximum absolute atomic E-state index is 4.15. The molecule has 226 valence electrons. The number of benzene rings is 8. The van der Waals surface area contributed by atoms with Crippen LogP contribution in [0, 0.1) is 0 Å². The van der Waals surface area contributed by atoms with E-state index in [0.717, 1.165) is 0 Å². The molecule has 0 amide bonds. The molecule has 0 fully saturated rings. The lowest BCUT2D eigenvalue weighted by Gasteiger charge is -2.20. The van der Waals surface area contributed by atoms with Crippen molar-refractivity contribution in [2.24, 2.45) is 0 Å². The molecule has 1 heterocycles. The number of thiophene rings is 1. The maximum atomic E-state index is 4.15. The highest BCUT2D eigenvalue weighted by Gasteiger charge is 2.20. The van der Waals surface area contributed by atoms with Gasteiger partial charge < -0.3 is 0 Å². The SMILES string of the molecule is C=Cc1sc2c(-c3ccc4c(-c5ccc6ccccc6c5)c5ccc6ccccc6c5c(-c5ccccc5)c4c3)cccc2c1/C=C\C. The number of allylic oxidation sites excluding steroid dienone is 1. The van der Waals surface area contributed by atoms with E-state index in [-0.39, 0.29) is 0 Å². The Hall–Kier alpha value is -5.76. The van der Waals surface area contributed by atoms with Crippen LogP contribution in [-0.2, 0) is 0 Å². The van der Waals surface area contributed by atoms with Crippen LogP contribution in [0.5, 0.6) is 0 Å². The van der Waals surface area contributed by atoms with Crippen molar-refractivity contribution in [3.63, 3.8) is 0 Å². The second-order valence-corrected chi connectivity index (χ2v) is 13.5. The predicted octanol–water partition coefficient (Wildman–Crippen LogP) is 14.2. The van der Waals surface area contributed by atoms with E-state index in [1.807, 2.05) is 17.4 Å². The smallest absolute Gasteiger partial charge is 0.0433 e. The first-order chi connectivity index (χ1) is 23.7. The van der Waals surface area contributed by atoms with Crippen molar-refractivity contribution in [2.45, 2.75) is 6.92 Å². The first kappa shape index (κ1) is 28.5. The van der Waals surface area contributed by atoms with Crippen molar-refractivity contribution < 1.29 is 0 Å². The second kappa shape index (κ2) is 11.5. The molecule has 0 nitrogen and oxygen atoms in total. The zero-order valence-corrected chi connectivity index (χ0v) is 27.5. The van der Waals surface area contributed by atoms with Crippen LogP contribution in [0.2, 0.25) is 0 Å². The van der Waals surface area contributed by atoms with Crippen LogP contribution >= 0.6 is 11.3 Å². The number of hydrogen-bond acceptors (Lipinski definition) is 1. The highest BCUT2D eigenvalue weighted by atomic mass is 32.1. The van der Waals surface area contributed by atoms with Gasteiger partial charge in [0.25, 0.3) is 0 Å². The quantitative estimate of drug-likeness (QED) is 0.131. The van der Waals surface area contributed by atoms with Gasteiger partial charge in [-0.15, -0.1) is 11.3 Å². The fraction of sp³-hybridized carbons (Fsp3) is 0.0213. The van der Waals surface area contributed by atoms with Gasteiger partial charge in [0.1, 0.15) is 0 Å². The van der Waals surface area contributed by atoms with E-state index in [4.69, 9.17) is 0 Å². The molecule has 0 saturated heterocycles. The molecule has 0 saturated carbocycles. The summed E-state index contributed by atoms with van der Waals surface area (Å²) in [5, 5.41) is 11.4. The molecule has 8 aromatic carbocycles. The summed E-state index contributed by atoms with van der Waals surface area (Å²) >= 11 is 1.83. The lowest BCUT2D eigenvalue weighted by molar-refractivity contribution is 1.66. The van der Waals surface area contributed by atoms with Gasteiger partial charge in [0, 0.05) is 15.0 Å². The summed E-state index contributed by atoms with van der Waals surface area (Å²) in [4.78, 5) is 1.21. The number of fused-ring (bicyclic) bond motifs is 6. The lowest BCUT2D eigenvalue weighted by Crippen LogP contribution is -1.93. The van der Waals surface area contributed by atoms with E-state index in [0.29, 0.717) is 0 Å². The number of rotatable bonds is 5. The molecule has 0 aliphatic carbocycles. The third kappa shape index (κ3) is 4.43. The summed E-state index contributed by atoms with van der Waals surface area (Å²) in [6.45, 7) is 6.22. The van der Waals surface area contributed by atoms with E-state index in [1.54, 1.807) is 0 Å². The number of hydrogen-bond donors (Lipinski definition) is 0. The standard InChI is InChI=1S/C47H32S/c1-3-13-38-40-21-12-20-37(47(40)48-43(38)4-2)34-25-26-39-42(29-34)45(32-16-6-5-7-17-32)46-36-19-11-10-15-31(36)24-27-41(46)44(39)35-23-22-30-14-8-9-18-33(30)28-35/h3-29H,2H2,1H3/b13-3-. The van der Waals surface area contributed by atoms with Crippen LogP contribution < -0.4 is 0 Å². The summed E-state index contributed by atoms with van der Waals surface area (Å²) in [5.41, 5.74) is 8.74. The molecule has 48 heavy (non-hydrogen) atoms. The van der Waals surface area contributed by atoms with Crippen molar-refractivity contribution in [1.29, 1.82) is 0 Å². The summed E-state index contributed by atoms with van der Waals surface area (Å²) in [6.07, 6.45) is 6.32. The molecule has 0 atom stereocenters. The molecule has 0 unspecified atom stereocenters. The average Bonchev–Trinajstić information content (AvgIpc) is 3.51.